The minimum Gasteiger partial charge on any atom is -0.349 e. The van der Waals surface area contributed by atoms with E-state index in [2.05, 4.69) is 5.32 Å². The Balaban J connectivity index is 1.42. The van der Waals surface area contributed by atoms with Gasteiger partial charge in [-0.3, -0.25) is 14.4 Å². The van der Waals surface area contributed by atoms with Crippen LogP contribution in [0.25, 0.3) is 10.9 Å². The summed E-state index contributed by atoms with van der Waals surface area (Å²) in [5, 5.41) is 3.43. The summed E-state index contributed by atoms with van der Waals surface area (Å²) in [6, 6.07) is 17.4. The van der Waals surface area contributed by atoms with Crippen LogP contribution in [0.3, 0.4) is 0 Å². The first kappa shape index (κ1) is 20.8. The smallest absolute Gasteiger partial charge is 0.292 e. The molecule has 0 saturated carbocycles. The van der Waals surface area contributed by atoms with Gasteiger partial charge in [-0.1, -0.05) is 48.5 Å². The van der Waals surface area contributed by atoms with Crippen LogP contribution in [0.2, 0.25) is 0 Å². The van der Waals surface area contributed by atoms with Crippen LogP contribution >= 0.6 is 0 Å². The van der Waals surface area contributed by atoms with Crippen molar-refractivity contribution in [1.29, 1.82) is 0 Å². The molecule has 6 heteroatoms. The zero-order valence-corrected chi connectivity index (χ0v) is 17.5. The highest BCUT2D eigenvalue weighted by Crippen LogP contribution is 2.22. The summed E-state index contributed by atoms with van der Waals surface area (Å²) in [5.74, 6) is -1.13. The Morgan fingerprint density at radius 2 is 1.61 bits per heavy atom. The second-order valence-electron chi connectivity index (χ2n) is 7.95. The summed E-state index contributed by atoms with van der Waals surface area (Å²) in [6.07, 6.45) is 5.31. The van der Waals surface area contributed by atoms with Crippen molar-refractivity contribution in [3.63, 3.8) is 0 Å². The fourth-order valence-corrected chi connectivity index (χ4v) is 4.11. The molecule has 0 unspecified atom stereocenters. The third-order valence-corrected chi connectivity index (χ3v) is 5.77. The van der Waals surface area contributed by atoms with Gasteiger partial charge in [0.15, 0.2) is 0 Å². The average Bonchev–Trinajstić information content (AvgIpc) is 3.46. The second kappa shape index (κ2) is 9.60. The summed E-state index contributed by atoms with van der Waals surface area (Å²) in [4.78, 5) is 39.8. The lowest BCUT2D eigenvalue weighted by atomic mass is 10.1. The minimum atomic E-state index is -0.609. The summed E-state index contributed by atoms with van der Waals surface area (Å²) < 4.78 is 1.78. The molecule has 31 heavy (non-hydrogen) atoms. The molecule has 160 valence electrons. The number of fused-ring (bicyclic) bond motifs is 1. The van der Waals surface area contributed by atoms with Gasteiger partial charge >= 0.3 is 0 Å². The first-order valence-corrected chi connectivity index (χ1v) is 10.9. The first-order valence-electron chi connectivity index (χ1n) is 10.9. The predicted molar refractivity (Wildman–Crippen MR) is 120 cm³/mol. The molecule has 1 aromatic heterocycles. The number of ketones is 1. The monoisotopic (exact) mass is 417 g/mol. The summed E-state index contributed by atoms with van der Waals surface area (Å²) in [6.45, 7) is 2.18. The maximum atomic E-state index is 12.9. The fraction of sp³-hybridized carbons (Fsp3) is 0.320. The quantitative estimate of drug-likeness (QED) is 0.348. The zero-order valence-electron chi connectivity index (χ0n) is 17.5. The Kier molecular flexibility index (Phi) is 6.46. The normalized spacial score (nSPS) is 13.5. The maximum absolute atomic E-state index is 12.9. The van der Waals surface area contributed by atoms with Gasteiger partial charge < -0.3 is 14.8 Å². The van der Waals surface area contributed by atoms with Crippen LogP contribution in [0.1, 0.15) is 35.2 Å². The van der Waals surface area contributed by atoms with Gasteiger partial charge in [-0.15, -0.1) is 0 Å². The summed E-state index contributed by atoms with van der Waals surface area (Å²) >= 11 is 0. The largest absolute Gasteiger partial charge is 0.349 e. The fourth-order valence-electron chi connectivity index (χ4n) is 4.11. The van der Waals surface area contributed by atoms with E-state index in [1.807, 2.05) is 59.5 Å². The highest BCUT2D eigenvalue weighted by Gasteiger charge is 2.23. The molecule has 1 fully saturated rings. The molecule has 6 nitrogen and oxygen atoms in total. The van der Waals surface area contributed by atoms with Crippen LogP contribution in [0.15, 0.2) is 60.8 Å². The van der Waals surface area contributed by atoms with Crippen molar-refractivity contribution in [2.24, 2.45) is 0 Å². The highest BCUT2D eigenvalue weighted by molar-refractivity contribution is 6.45. The van der Waals surface area contributed by atoms with E-state index in [0.717, 1.165) is 44.3 Å². The van der Waals surface area contributed by atoms with Gasteiger partial charge in [0.1, 0.15) is 6.54 Å². The van der Waals surface area contributed by atoms with Crippen LogP contribution in [-0.4, -0.2) is 46.7 Å². The highest BCUT2D eigenvalue weighted by atomic mass is 16.2. The Bertz CT molecular complexity index is 1080. The predicted octanol–water partition coefficient (Wildman–Crippen LogP) is 3.20. The van der Waals surface area contributed by atoms with Gasteiger partial charge in [0.05, 0.1) is 5.56 Å². The first-order chi connectivity index (χ1) is 15.1. The van der Waals surface area contributed by atoms with Gasteiger partial charge in [0.2, 0.25) is 5.91 Å². The molecule has 2 heterocycles. The Hall–Kier alpha value is -3.41. The van der Waals surface area contributed by atoms with Crippen LogP contribution < -0.4 is 5.32 Å². The Morgan fingerprint density at radius 1 is 0.903 bits per heavy atom. The van der Waals surface area contributed by atoms with Gasteiger partial charge in [-0.2, -0.15) is 0 Å². The number of hydrogen-bond donors (Lipinski definition) is 1. The topological polar surface area (TPSA) is 71.4 Å². The lowest BCUT2D eigenvalue weighted by molar-refractivity contribution is -0.130. The second-order valence-corrected chi connectivity index (χ2v) is 7.95. The molecule has 3 aromatic rings. The number of nitrogens with zero attached hydrogens (tertiary/aromatic N) is 2. The van der Waals surface area contributed by atoms with Crippen molar-refractivity contribution in [2.45, 2.75) is 32.2 Å². The minimum absolute atomic E-state index is 0.0441. The number of amides is 2. The molecule has 1 aliphatic rings. The SMILES string of the molecule is O=C(NCCCc1ccccc1)C(=O)c1cn(CC(=O)N2CCCC2)c2ccccc12. The standard InChI is InChI=1S/C25H27N3O3/c29-23(27-15-6-7-16-27)18-28-17-21(20-12-4-5-13-22(20)28)24(30)25(31)26-14-8-11-19-9-2-1-3-10-19/h1-5,9-10,12-13,17H,6-8,11,14-16,18H2,(H,26,31). The number of Topliss-reactive ketones (excluding diaryl/α,β-unsaturated/α-hetero) is 1. The third-order valence-electron chi connectivity index (χ3n) is 5.77. The van der Waals surface area contributed by atoms with E-state index in [1.165, 1.54) is 5.56 Å². The number of likely N-dealkylation sites (tertiary alicyclic amines) is 1. The number of carbonyl (C=O) groups excluding carboxylic acids is 3. The lowest BCUT2D eigenvalue weighted by Gasteiger charge is -2.15. The Morgan fingerprint density at radius 3 is 2.39 bits per heavy atom. The van der Waals surface area contributed by atoms with E-state index in [1.54, 1.807) is 10.8 Å². The molecule has 0 aliphatic carbocycles. The molecule has 0 bridgehead atoms. The average molecular weight is 418 g/mol. The molecule has 0 radical (unpaired) electrons. The molecule has 1 N–H and O–H groups in total. The molecule has 2 aromatic carbocycles. The van der Waals surface area contributed by atoms with E-state index in [-0.39, 0.29) is 12.5 Å². The molecular formula is C25H27N3O3. The van der Waals surface area contributed by atoms with Crippen molar-refractivity contribution < 1.29 is 14.4 Å². The van der Waals surface area contributed by atoms with Crippen molar-refractivity contribution >= 4 is 28.5 Å². The van der Waals surface area contributed by atoms with Crippen LogP contribution in [-0.2, 0) is 22.6 Å². The molecule has 0 atom stereocenters. The van der Waals surface area contributed by atoms with Gasteiger partial charge in [-0.25, -0.2) is 0 Å². The number of para-hydroxylation sites is 1. The Labute approximate surface area is 181 Å². The van der Waals surface area contributed by atoms with Gasteiger partial charge in [0, 0.05) is 36.7 Å². The maximum Gasteiger partial charge on any atom is 0.292 e. The van der Waals surface area contributed by atoms with Gasteiger partial charge in [-0.05, 0) is 37.3 Å². The molecule has 1 aliphatic heterocycles. The number of benzene rings is 2. The van der Waals surface area contributed by atoms with Crippen LogP contribution in [0, 0.1) is 0 Å². The number of nitrogens with one attached hydrogen (secondary N) is 1. The van der Waals surface area contributed by atoms with Gasteiger partial charge in [0.25, 0.3) is 11.7 Å². The van der Waals surface area contributed by atoms with Crippen molar-refractivity contribution in [3.05, 3.63) is 71.9 Å². The van der Waals surface area contributed by atoms with Crippen molar-refractivity contribution in [3.8, 4) is 0 Å². The van der Waals surface area contributed by atoms with E-state index < -0.39 is 11.7 Å². The summed E-state index contributed by atoms with van der Waals surface area (Å²) in [5.41, 5.74) is 2.33. The number of rotatable bonds is 8. The van der Waals surface area contributed by atoms with E-state index in [9.17, 15) is 14.4 Å². The van der Waals surface area contributed by atoms with E-state index >= 15 is 0 Å². The molecule has 1 saturated heterocycles. The molecule has 4 rings (SSSR count). The number of hydrogen-bond acceptors (Lipinski definition) is 3. The number of carbonyl (C=O) groups is 3. The van der Waals surface area contributed by atoms with Crippen molar-refractivity contribution in [1.82, 2.24) is 14.8 Å². The zero-order chi connectivity index (χ0) is 21.6. The lowest BCUT2D eigenvalue weighted by Crippen LogP contribution is -2.32. The molecule has 0 spiro atoms. The number of aromatic nitrogens is 1. The third kappa shape index (κ3) is 4.85. The molecular weight excluding hydrogens is 390 g/mol. The molecule has 2 amide bonds. The number of aryl methyl sites for hydroxylation is 1. The van der Waals surface area contributed by atoms with E-state index in [0.29, 0.717) is 17.5 Å². The van der Waals surface area contributed by atoms with Crippen LogP contribution in [0.5, 0.6) is 0 Å². The van der Waals surface area contributed by atoms with E-state index in [4.69, 9.17) is 0 Å². The summed E-state index contributed by atoms with van der Waals surface area (Å²) in [7, 11) is 0. The van der Waals surface area contributed by atoms with Crippen LogP contribution in [0.4, 0.5) is 0 Å². The van der Waals surface area contributed by atoms with Crippen molar-refractivity contribution in [2.75, 3.05) is 19.6 Å².